The van der Waals surface area contributed by atoms with Crippen molar-refractivity contribution in [2.75, 3.05) is 24.1 Å². The predicted octanol–water partition coefficient (Wildman–Crippen LogP) is 2.49. The van der Waals surface area contributed by atoms with Crippen LogP contribution in [0, 0.1) is 0 Å². The quantitative estimate of drug-likeness (QED) is 0.681. The van der Waals surface area contributed by atoms with Crippen LogP contribution in [-0.4, -0.2) is 39.6 Å². The van der Waals surface area contributed by atoms with E-state index in [1.54, 1.807) is 23.1 Å². The van der Waals surface area contributed by atoms with Gasteiger partial charge in [-0.1, -0.05) is 24.3 Å². The largest absolute Gasteiger partial charge is 0.398 e. The van der Waals surface area contributed by atoms with E-state index < -0.39 is 0 Å². The summed E-state index contributed by atoms with van der Waals surface area (Å²) in [6, 6.07) is 11.0. The Labute approximate surface area is 156 Å². The Morgan fingerprint density at radius 3 is 2.78 bits per heavy atom. The molecule has 0 radical (unpaired) electrons. The second-order valence-electron chi connectivity index (χ2n) is 6.68. The molecule has 138 valence electrons. The zero-order valence-corrected chi connectivity index (χ0v) is 14.9. The third-order valence-electron chi connectivity index (χ3n) is 4.86. The zero-order valence-electron chi connectivity index (χ0n) is 14.9. The molecule has 1 aliphatic rings. The molecule has 3 aromatic rings. The van der Waals surface area contributed by atoms with Crippen molar-refractivity contribution in [3.05, 3.63) is 54.4 Å². The first-order valence-corrected chi connectivity index (χ1v) is 9.00. The molecular formula is C20H21N5O2. The van der Waals surface area contributed by atoms with Gasteiger partial charge in [0.05, 0.1) is 18.4 Å². The molecule has 4 rings (SSSR count). The number of nitrogens with zero attached hydrogens (tertiary/aromatic N) is 3. The van der Waals surface area contributed by atoms with Crippen molar-refractivity contribution in [2.45, 2.75) is 19.4 Å². The highest BCUT2D eigenvalue weighted by Gasteiger charge is 2.19. The number of nitrogens with two attached hydrogens (primary N) is 1. The molecule has 1 aliphatic heterocycles. The van der Waals surface area contributed by atoms with E-state index in [0.717, 1.165) is 23.7 Å². The Hall–Kier alpha value is -3.35. The number of carbonyl (C=O) groups is 2. The molecule has 0 unspecified atom stereocenters. The molecule has 2 amide bonds. The highest BCUT2D eigenvalue weighted by Crippen LogP contribution is 2.24. The molecule has 3 N–H and O–H groups in total. The van der Waals surface area contributed by atoms with E-state index in [1.807, 2.05) is 35.2 Å². The van der Waals surface area contributed by atoms with Gasteiger partial charge in [-0.15, -0.1) is 0 Å². The fraction of sp³-hybridized carbons (Fsp3) is 0.250. The Kier molecular flexibility index (Phi) is 4.50. The standard InChI is InChI=1S/C20H21N5O2/c21-18-7-2-4-15-16(18)5-1-6-17(15)20(27)23-14-12-22-25(13-14)11-10-24-9-3-8-19(24)26/h1-2,4-7,12-13H,3,8-11,21H2,(H,23,27). The summed E-state index contributed by atoms with van der Waals surface area (Å²) in [5.74, 6) is -0.00798. The summed E-state index contributed by atoms with van der Waals surface area (Å²) in [6.07, 6.45) is 4.95. The highest BCUT2D eigenvalue weighted by molar-refractivity contribution is 6.14. The number of fused-ring (bicyclic) bond motifs is 1. The van der Waals surface area contributed by atoms with E-state index in [4.69, 9.17) is 5.73 Å². The number of aromatic nitrogens is 2. The van der Waals surface area contributed by atoms with E-state index in [9.17, 15) is 9.59 Å². The lowest BCUT2D eigenvalue weighted by Crippen LogP contribution is -2.28. The van der Waals surface area contributed by atoms with Gasteiger partial charge >= 0.3 is 0 Å². The summed E-state index contributed by atoms with van der Waals surface area (Å²) in [4.78, 5) is 26.2. The predicted molar refractivity (Wildman–Crippen MR) is 104 cm³/mol. The number of likely N-dealkylation sites (tertiary alicyclic amines) is 1. The number of hydrogen-bond donors (Lipinski definition) is 2. The van der Waals surface area contributed by atoms with E-state index >= 15 is 0 Å². The van der Waals surface area contributed by atoms with Crippen LogP contribution >= 0.6 is 0 Å². The van der Waals surface area contributed by atoms with Gasteiger partial charge in [-0.3, -0.25) is 14.3 Å². The van der Waals surface area contributed by atoms with Crippen molar-refractivity contribution in [3.8, 4) is 0 Å². The molecular weight excluding hydrogens is 342 g/mol. The topological polar surface area (TPSA) is 93.2 Å². The smallest absolute Gasteiger partial charge is 0.256 e. The monoisotopic (exact) mass is 363 g/mol. The minimum atomic E-state index is -0.208. The van der Waals surface area contributed by atoms with Gasteiger partial charge in [0.2, 0.25) is 5.91 Å². The molecule has 2 heterocycles. The summed E-state index contributed by atoms with van der Waals surface area (Å²) in [7, 11) is 0. The average Bonchev–Trinajstić information content (AvgIpc) is 3.28. The number of anilines is 2. The fourth-order valence-electron chi connectivity index (χ4n) is 3.44. The third kappa shape index (κ3) is 3.48. The summed E-state index contributed by atoms with van der Waals surface area (Å²) in [5, 5.41) is 8.82. The SMILES string of the molecule is Nc1cccc2c(C(=O)Nc3cnn(CCN4CCCC4=O)c3)cccc12. The molecule has 0 spiro atoms. The lowest BCUT2D eigenvalue weighted by atomic mass is 10.0. The number of benzene rings is 2. The summed E-state index contributed by atoms with van der Waals surface area (Å²) < 4.78 is 1.74. The second kappa shape index (κ2) is 7.11. The van der Waals surface area contributed by atoms with Gasteiger partial charge in [-0.05, 0) is 23.9 Å². The van der Waals surface area contributed by atoms with Crippen LogP contribution in [0.25, 0.3) is 10.8 Å². The van der Waals surface area contributed by atoms with Gasteiger partial charge in [-0.25, -0.2) is 0 Å². The van der Waals surface area contributed by atoms with Crippen molar-refractivity contribution in [2.24, 2.45) is 0 Å². The zero-order chi connectivity index (χ0) is 18.8. The molecule has 7 nitrogen and oxygen atoms in total. The van der Waals surface area contributed by atoms with Crippen molar-refractivity contribution >= 4 is 34.0 Å². The maximum absolute atomic E-state index is 12.7. The molecule has 0 aliphatic carbocycles. The van der Waals surface area contributed by atoms with Crippen LogP contribution < -0.4 is 11.1 Å². The lowest BCUT2D eigenvalue weighted by molar-refractivity contribution is -0.127. The molecule has 0 saturated carbocycles. The molecule has 2 aromatic carbocycles. The molecule has 1 aromatic heterocycles. The minimum Gasteiger partial charge on any atom is -0.398 e. The first-order valence-electron chi connectivity index (χ1n) is 9.00. The number of carbonyl (C=O) groups excluding carboxylic acids is 2. The van der Waals surface area contributed by atoms with E-state index in [1.165, 1.54) is 0 Å². The van der Waals surface area contributed by atoms with Gasteiger partial charge in [0.25, 0.3) is 5.91 Å². The molecule has 1 saturated heterocycles. The fourth-order valence-corrected chi connectivity index (χ4v) is 3.44. The minimum absolute atomic E-state index is 0.200. The molecule has 1 fully saturated rings. The Bertz CT molecular complexity index is 1010. The number of hydrogen-bond acceptors (Lipinski definition) is 4. The van der Waals surface area contributed by atoms with Gasteiger partial charge in [0.15, 0.2) is 0 Å². The van der Waals surface area contributed by atoms with Crippen LogP contribution in [0.4, 0.5) is 11.4 Å². The Balaban J connectivity index is 1.45. The van der Waals surface area contributed by atoms with E-state index in [2.05, 4.69) is 10.4 Å². The normalized spacial score (nSPS) is 14.1. The third-order valence-corrected chi connectivity index (χ3v) is 4.86. The van der Waals surface area contributed by atoms with Crippen molar-refractivity contribution < 1.29 is 9.59 Å². The lowest BCUT2D eigenvalue weighted by Gasteiger charge is -2.14. The van der Waals surface area contributed by atoms with Gasteiger partial charge in [-0.2, -0.15) is 5.10 Å². The number of rotatable bonds is 5. The number of amides is 2. The summed E-state index contributed by atoms with van der Waals surface area (Å²) >= 11 is 0. The molecule has 27 heavy (non-hydrogen) atoms. The molecule has 0 bridgehead atoms. The van der Waals surface area contributed by atoms with E-state index in [-0.39, 0.29) is 11.8 Å². The van der Waals surface area contributed by atoms with Crippen molar-refractivity contribution in [3.63, 3.8) is 0 Å². The Morgan fingerprint density at radius 2 is 1.96 bits per heavy atom. The summed E-state index contributed by atoms with van der Waals surface area (Å²) in [6.45, 7) is 2.05. The highest BCUT2D eigenvalue weighted by atomic mass is 16.2. The van der Waals surface area contributed by atoms with Crippen LogP contribution in [0.3, 0.4) is 0 Å². The maximum Gasteiger partial charge on any atom is 0.256 e. The van der Waals surface area contributed by atoms with Gasteiger partial charge in [0, 0.05) is 42.3 Å². The van der Waals surface area contributed by atoms with Crippen LogP contribution in [0.15, 0.2) is 48.8 Å². The summed E-state index contributed by atoms with van der Waals surface area (Å²) in [5.41, 5.74) is 7.83. The molecule has 0 atom stereocenters. The van der Waals surface area contributed by atoms with E-state index in [0.29, 0.717) is 36.4 Å². The average molecular weight is 363 g/mol. The number of nitrogens with one attached hydrogen (secondary N) is 1. The van der Waals surface area contributed by atoms with Crippen LogP contribution in [0.1, 0.15) is 23.2 Å². The number of nitrogen functional groups attached to an aromatic ring is 1. The van der Waals surface area contributed by atoms with Crippen LogP contribution in [0.5, 0.6) is 0 Å². The first-order chi connectivity index (χ1) is 13.1. The van der Waals surface area contributed by atoms with Gasteiger partial charge in [0.1, 0.15) is 0 Å². The van der Waals surface area contributed by atoms with Crippen molar-refractivity contribution in [1.82, 2.24) is 14.7 Å². The van der Waals surface area contributed by atoms with Crippen LogP contribution in [-0.2, 0) is 11.3 Å². The van der Waals surface area contributed by atoms with Crippen LogP contribution in [0.2, 0.25) is 0 Å². The van der Waals surface area contributed by atoms with Gasteiger partial charge < -0.3 is 16.0 Å². The Morgan fingerprint density at radius 1 is 1.15 bits per heavy atom. The maximum atomic E-state index is 12.7. The first kappa shape index (κ1) is 17.1. The van der Waals surface area contributed by atoms with Crippen molar-refractivity contribution in [1.29, 1.82) is 0 Å². The molecule has 7 heteroatoms. The second-order valence-corrected chi connectivity index (χ2v) is 6.68.